The van der Waals surface area contributed by atoms with Crippen molar-refractivity contribution < 1.29 is 14.3 Å². The molecule has 1 aliphatic carbocycles. The molecule has 0 saturated carbocycles. The van der Waals surface area contributed by atoms with Crippen molar-refractivity contribution in [2.75, 3.05) is 23.8 Å². The number of hydrogen-bond acceptors (Lipinski definition) is 5. The Hall–Kier alpha value is -3.73. The van der Waals surface area contributed by atoms with Crippen LogP contribution in [0.4, 0.5) is 11.4 Å². The molecule has 2 atom stereocenters. The third kappa shape index (κ3) is 4.90. The van der Waals surface area contributed by atoms with E-state index in [1.165, 1.54) is 5.56 Å². The highest BCUT2D eigenvalue weighted by molar-refractivity contribution is 6.01. The highest BCUT2D eigenvalue weighted by atomic mass is 16.5. The zero-order chi connectivity index (χ0) is 24.2. The van der Waals surface area contributed by atoms with Crippen molar-refractivity contribution in [3.63, 3.8) is 0 Å². The lowest BCUT2D eigenvalue weighted by Crippen LogP contribution is -2.26. The van der Waals surface area contributed by atoms with E-state index in [-0.39, 0.29) is 17.7 Å². The molecule has 3 aromatic rings. The molecule has 0 radical (unpaired) electrons. The summed E-state index contributed by atoms with van der Waals surface area (Å²) in [6.07, 6.45) is 2.24. The number of carbonyl (C=O) groups is 1. The van der Waals surface area contributed by atoms with Crippen LogP contribution in [-0.2, 0) is 4.79 Å². The molecule has 0 aromatic heterocycles. The summed E-state index contributed by atoms with van der Waals surface area (Å²) in [6, 6.07) is 24.2. The molecule has 35 heavy (non-hydrogen) atoms. The SMILES string of the molecule is CCCOc1ccc(C2CC(=O)C3=C(C2)Nc2ccccc2NC3c2ccc(OCC)cc2)cc1. The second-order valence-corrected chi connectivity index (χ2v) is 9.09. The molecule has 5 nitrogen and oxygen atoms in total. The Morgan fingerprint density at radius 2 is 1.46 bits per heavy atom. The first kappa shape index (κ1) is 23.0. The second kappa shape index (κ2) is 10.3. The third-order valence-electron chi connectivity index (χ3n) is 6.66. The summed E-state index contributed by atoms with van der Waals surface area (Å²) < 4.78 is 11.4. The summed E-state index contributed by atoms with van der Waals surface area (Å²) in [7, 11) is 0. The molecule has 0 fully saturated rings. The Balaban J connectivity index is 1.49. The van der Waals surface area contributed by atoms with Crippen molar-refractivity contribution in [2.24, 2.45) is 0 Å². The van der Waals surface area contributed by atoms with Crippen LogP contribution in [0.3, 0.4) is 0 Å². The van der Waals surface area contributed by atoms with Crippen LogP contribution in [-0.4, -0.2) is 19.0 Å². The van der Waals surface area contributed by atoms with Crippen molar-refractivity contribution in [1.82, 2.24) is 0 Å². The van der Waals surface area contributed by atoms with Crippen LogP contribution in [0, 0.1) is 0 Å². The van der Waals surface area contributed by atoms with Crippen LogP contribution in [0.5, 0.6) is 11.5 Å². The predicted octanol–water partition coefficient (Wildman–Crippen LogP) is 6.85. The number of para-hydroxylation sites is 2. The summed E-state index contributed by atoms with van der Waals surface area (Å²) in [6.45, 7) is 5.41. The Bertz CT molecular complexity index is 1220. The summed E-state index contributed by atoms with van der Waals surface area (Å²) in [5.41, 5.74) is 6.01. The number of hydrogen-bond donors (Lipinski definition) is 2. The van der Waals surface area contributed by atoms with Crippen molar-refractivity contribution in [3.05, 3.63) is 95.2 Å². The molecule has 5 heteroatoms. The second-order valence-electron chi connectivity index (χ2n) is 9.09. The zero-order valence-electron chi connectivity index (χ0n) is 20.3. The monoisotopic (exact) mass is 468 g/mol. The highest BCUT2D eigenvalue weighted by Gasteiger charge is 2.36. The lowest BCUT2D eigenvalue weighted by molar-refractivity contribution is -0.116. The van der Waals surface area contributed by atoms with Crippen LogP contribution in [0.2, 0.25) is 0 Å². The molecule has 5 rings (SSSR count). The summed E-state index contributed by atoms with van der Waals surface area (Å²) in [4.78, 5) is 13.7. The minimum atomic E-state index is -0.227. The Kier molecular flexibility index (Phi) is 6.75. The van der Waals surface area contributed by atoms with Gasteiger partial charge in [-0.2, -0.15) is 0 Å². The van der Waals surface area contributed by atoms with Gasteiger partial charge in [-0.15, -0.1) is 0 Å². The largest absolute Gasteiger partial charge is 0.494 e. The van der Waals surface area contributed by atoms with E-state index >= 15 is 0 Å². The summed E-state index contributed by atoms with van der Waals surface area (Å²) in [5.74, 6) is 2.01. The van der Waals surface area contributed by atoms with Gasteiger partial charge in [0.25, 0.3) is 0 Å². The van der Waals surface area contributed by atoms with E-state index < -0.39 is 0 Å². The van der Waals surface area contributed by atoms with Gasteiger partial charge in [-0.25, -0.2) is 0 Å². The maximum absolute atomic E-state index is 13.7. The van der Waals surface area contributed by atoms with E-state index in [2.05, 4.69) is 54.0 Å². The van der Waals surface area contributed by atoms with Crippen molar-refractivity contribution in [2.45, 2.75) is 45.1 Å². The summed E-state index contributed by atoms with van der Waals surface area (Å²) in [5, 5.41) is 7.25. The van der Waals surface area contributed by atoms with Crippen LogP contribution in [0.1, 0.15) is 56.2 Å². The average Bonchev–Trinajstić information content (AvgIpc) is 3.05. The number of allylic oxidation sites excluding steroid dienone is 1. The molecule has 0 amide bonds. The van der Waals surface area contributed by atoms with Crippen molar-refractivity contribution >= 4 is 17.2 Å². The smallest absolute Gasteiger partial charge is 0.163 e. The number of carbonyl (C=O) groups excluding carboxylic acids is 1. The van der Waals surface area contributed by atoms with Crippen molar-refractivity contribution in [3.8, 4) is 11.5 Å². The van der Waals surface area contributed by atoms with Crippen LogP contribution in [0.15, 0.2) is 84.1 Å². The number of ether oxygens (including phenoxy) is 2. The third-order valence-corrected chi connectivity index (χ3v) is 6.66. The molecular weight excluding hydrogens is 436 g/mol. The minimum absolute atomic E-state index is 0.125. The van der Waals surface area contributed by atoms with Gasteiger partial charge in [0.05, 0.1) is 30.6 Å². The van der Waals surface area contributed by atoms with Gasteiger partial charge in [-0.05, 0) is 73.2 Å². The quantitative estimate of drug-likeness (QED) is 0.397. The predicted molar refractivity (Wildman–Crippen MR) is 140 cm³/mol. The Morgan fingerprint density at radius 3 is 2.14 bits per heavy atom. The van der Waals surface area contributed by atoms with Gasteiger partial charge >= 0.3 is 0 Å². The first-order chi connectivity index (χ1) is 17.2. The molecule has 1 heterocycles. The topological polar surface area (TPSA) is 59.6 Å². The Labute approximate surface area is 207 Å². The van der Waals surface area contributed by atoms with Gasteiger partial charge in [0.1, 0.15) is 11.5 Å². The average molecular weight is 469 g/mol. The molecule has 3 aromatic carbocycles. The Morgan fingerprint density at radius 1 is 0.800 bits per heavy atom. The van der Waals surface area contributed by atoms with Crippen LogP contribution >= 0.6 is 0 Å². The van der Waals surface area contributed by atoms with Crippen LogP contribution < -0.4 is 20.1 Å². The van der Waals surface area contributed by atoms with E-state index in [4.69, 9.17) is 9.47 Å². The van der Waals surface area contributed by atoms with Gasteiger partial charge in [-0.3, -0.25) is 4.79 Å². The molecular formula is C30H32N2O3. The van der Waals surface area contributed by atoms with Gasteiger partial charge < -0.3 is 20.1 Å². The highest BCUT2D eigenvalue weighted by Crippen LogP contribution is 2.44. The zero-order valence-corrected chi connectivity index (χ0v) is 20.3. The molecule has 2 aliphatic rings. The minimum Gasteiger partial charge on any atom is -0.494 e. The number of rotatable bonds is 7. The maximum Gasteiger partial charge on any atom is 0.163 e. The summed E-state index contributed by atoms with van der Waals surface area (Å²) >= 11 is 0. The number of fused-ring (bicyclic) bond motifs is 1. The molecule has 2 N–H and O–H groups in total. The van der Waals surface area contributed by atoms with Crippen LogP contribution in [0.25, 0.3) is 0 Å². The maximum atomic E-state index is 13.7. The van der Waals surface area contributed by atoms with Crippen molar-refractivity contribution in [1.29, 1.82) is 0 Å². The number of benzene rings is 3. The fourth-order valence-electron chi connectivity index (χ4n) is 4.96. The normalized spacial score (nSPS) is 19.1. The first-order valence-electron chi connectivity index (χ1n) is 12.5. The van der Waals surface area contributed by atoms with Gasteiger partial charge in [0.2, 0.25) is 0 Å². The standard InChI is InChI=1S/C30H32N2O3/c1-3-17-35-24-13-9-20(10-14-24)22-18-27-29(28(33)19-22)30(21-11-15-23(16-12-21)34-4-2)32-26-8-6-5-7-25(26)31-27/h5-16,22,30-32H,3-4,17-19H2,1-2H3. The molecule has 2 unspecified atom stereocenters. The molecule has 180 valence electrons. The van der Waals surface area contributed by atoms with Gasteiger partial charge in [-0.1, -0.05) is 43.3 Å². The lowest BCUT2D eigenvalue weighted by atomic mass is 9.78. The molecule has 1 aliphatic heterocycles. The van der Waals surface area contributed by atoms with E-state index in [1.807, 2.05) is 43.3 Å². The fraction of sp³-hybridized carbons (Fsp3) is 0.300. The molecule has 0 bridgehead atoms. The van der Waals surface area contributed by atoms with E-state index in [0.717, 1.165) is 52.5 Å². The van der Waals surface area contributed by atoms with E-state index in [0.29, 0.717) is 19.6 Å². The van der Waals surface area contributed by atoms with Gasteiger partial charge in [0.15, 0.2) is 5.78 Å². The first-order valence-corrected chi connectivity index (χ1v) is 12.5. The number of Topliss-reactive ketones (excluding diaryl/α,β-unsaturated/α-hetero) is 1. The lowest BCUT2D eigenvalue weighted by Gasteiger charge is -2.30. The molecule has 0 spiro atoms. The number of ketones is 1. The fourth-order valence-corrected chi connectivity index (χ4v) is 4.96. The van der Waals surface area contributed by atoms with Gasteiger partial charge in [0, 0.05) is 17.7 Å². The number of nitrogens with one attached hydrogen (secondary N) is 2. The molecule has 0 saturated heterocycles. The van der Waals surface area contributed by atoms with E-state index in [1.54, 1.807) is 0 Å². The number of anilines is 2. The van der Waals surface area contributed by atoms with E-state index in [9.17, 15) is 4.79 Å².